The Balaban J connectivity index is 3.78. The van der Waals surface area contributed by atoms with Gasteiger partial charge < -0.3 is 15.4 Å². The van der Waals surface area contributed by atoms with Gasteiger partial charge in [0.15, 0.2) is 0 Å². The van der Waals surface area contributed by atoms with Gasteiger partial charge in [0.1, 0.15) is 0 Å². The molecule has 1 atom stereocenters. The Morgan fingerprint density at radius 3 is 2.33 bits per heavy atom. The number of ether oxygens (including phenoxy) is 1. The van der Waals surface area contributed by atoms with Gasteiger partial charge in [-0.2, -0.15) is 0 Å². The Hall–Kier alpha value is -0.120. The van der Waals surface area contributed by atoms with E-state index in [1.54, 1.807) is 7.11 Å². The lowest BCUT2D eigenvalue weighted by atomic mass is 10.1. The molecular weight excluding hydrogens is 188 g/mol. The highest BCUT2D eigenvalue weighted by Crippen LogP contribution is 2.04. The van der Waals surface area contributed by atoms with Crippen LogP contribution in [0.4, 0.5) is 0 Å². The third-order valence-electron chi connectivity index (χ3n) is 2.58. The van der Waals surface area contributed by atoms with E-state index in [0.29, 0.717) is 5.92 Å². The fourth-order valence-electron chi connectivity index (χ4n) is 1.55. The van der Waals surface area contributed by atoms with Crippen LogP contribution in [0.2, 0.25) is 0 Å². The van der Waals surface area contributed by atoms with E-state index < -0.39 is 0 Å². The lowest BCUT2D eigenvalue weighted by molar-refractivity contribution is 0.136. The third kappa shape index (κ3) is 8.85. The first-order chi connectivity index (χ1) is 7.10. The van der Waals surface area contributed by atoms with Crippen molar-refractivity contribution in [2.24, 2.45) is 17.6 Å². The third-order valence-corrected chi connectivity index (χ3v) is 2.58. The van der Waals surface area contributed by atoms with E-state index in [1.807, 2.05) is 0 Å². The molecule has 0 aliphatic carbocycles. The minimum atomic E-state index is 0.627. The Bertz CT molecular complexity index is 140. The highest BCUT2D eigenvalue weighted by molar-refractivity contribution is 4.63. The zero-order valence-corrected chi connectivity index (χ0v) is 10.8. The second-order valence-corrected chi connectivity index (χ2v) is 4.82. The predicted molar refractivity (Wildman–Crippen MR) is 66.0 cm³/mol. The molecule has 0 saturated carbocycles. The molecule has 0 amide bonds. The van der Waals surface area contributed by atoms with Gasteiger partial charge in [0.2, 0.25) is 0 Å². The van der Waals surface area contributed by atoms with Crippen LogP contribution < -0.4 is 5.73 Å². The monoisotopic (exact) mass is 216 g/mol. The molecule has 3 nitrogen and oxygen atoms in total. The Labute approximate surface area is 95.0 Å². The number of methoxy groups -OCH3 is 1. The van der Waals surface area contributed by atoms with Crippen molar-refractivity contribution < 1.29 is 4.74 Å². The van der Waals surface area contributed by atoms with Crippen molar-refractivity contribution in [3.63, 3.8) is 0 Å². The average molecular weight is 216 g/mol. The van der Waals surface area contributed by atoms with Crippen LogP contribution in [0.25, 0.3) is 0 Å². The fourth-order valence-corrected chi connectivity index (χ4v) is 1.55. The summed E-state index contributed by atoms with van der Waals surface area (Å²) in [5.74, 6) is 1.34. The summed E-state index contributed by atoms with van der Waals surface area (Å²) in [6, 6.07) is 0. The molecule has 0 aromatic rings. The molecule has 0 aliphatic rings. The molecule has 0 aromatic carbocycles. The van der Waals surface area contributed by atoms with E-state index >= 15 is 0 Å². The van der Waals surface area contributed by atoms with Crippen LogP contribution in [-0.4, -0.2) is 44.8 Å². The first-order valence-corrected chi connectivity index (χ1v) is 6.01. The van der Waals surface area contributed by atoms with E-state index in [4.69, 9.17) is 10.5 Å². The van der Waals surface area contributed by atoms with Crippen LogP contribution in [-0.2, 0) is 4.74 Å². The lowest BCUT2D eigenvalue weighted by Gasteiger charge is -2.25. The maximum Gasteiger partial charge on any atom is 0.0589 e. The number of nitrogens with zero attached hydrogens (tertiary/aromatic N) is 1. The number of hydrogen-bond donors (Lipinski definition) is 1. The van der Waals surface area contributed by atoms with Crippen molar-refractivity contribution in [2.45, 2.75) is 27.2 Å². The van der Waals surface area contributed by atoms with Crippen LogP contribution in [0.3, 0.4) is 0 Å². The van der Waals surface area contributed by atoms with Gasteiger partial charge in [0.25, 0.3) is 0 Å². The molecule has 0 rings (SSSR count). The van der Waals surface area contributed by atoms with E-state index in [1.165, 1.54) is 6.42 Å². The average Bonchev–Trinajstić information content (AvgIpc) is 2.20. The summed E-state index contributed by atoms with van der Waals surface area (Å²) in [6.07, 6.45) is 1.19. The topological polar surface area (TPSA) is 38.5 Å². The molecule has 0 spiro atoms. The molecule has 1 unspecified atom stereocenters. The molecule has 3 heteroatoms. The largest absolute Gasteiger partial charge is 0.383 e. The smallest absolute Gasteiger partial charge is 0.0589 e. The second kappa shape index (κ2) is 9.13. The molecule has 0 saturated heterocycles. The summed E-state index contributed by atoms with van der Waals surface area (Å²) in [7, 11) is 1.76. The molecule has 0 aliphatic heterocycles. The first kappa shape index (κ1) is 14.9. The van der Waals surface area contributed by atoms with Crippen LogP contribution in [0.5, 0.6) is 0 Å². The summed E-state index contributed by atoms with van der Waals surface area (Å²) >= 11 is 0. The molecule has 0 heterocycles. The van der Waals surface area contributed by atoms with E-state index in [2.05, 4.69) is 25.7 Å². The highest BCUT2D eigenvalue weighted by atomic mass is 16.5. The van der Waals surface area contributed by atoms with Crippen molar-refractivity contribution in [2.75, 3.05) is 39.9 Å². The van der Waals surface area contributed by atoms with E-state index in [-0.39, 0.29) is 0 Å². The van der Waals surface area contributed by atoms with Crippen LogP contribution >= 0.6 is 0 Å². The highest BCUT2D eigenvalue weighted by Gasteiger charge is 2.08. The summed E-state index contributed by atoms with van der Waals surface area (Å²) in [6.45, 7) is 11.7. The maximum atomic E-state index is 5.62. The molecule has 15 heavy (non-hydrogen) atoms. The first-order valence-electron chi connectivity index (χ1n) is 6.01. The van der Waals surface area contributed by atoms with Crippen LogP contribution in [0.1, 0.15) is 27.2 Å². The molecule has 0 aromatic heterocycles. The molecular formula is C12H28N2O. The predicted octanol–water partition coefficient (Wildman–Crippen LogP) is 1.58. The van der Waals surface area contributed by atoms with Crippen LogP contribution in [0.15, 0.2) is 0 Å². The van der Waals surface area contributed by atoms with Gasteiger partial charge >= 0.3 is 0 Å². The number of hydrogen-bond acceptors (Lipinski definition) is 3. The second-order valence-electron chi connectivity index (χ2n) is 4.82. The summed E-state index contributed by atoms with van der Waals surface area (Å²) in [4.78, 5) is 2.47. The van der Waals surface area contributed by atoms with Gasteiger partial charge in [-0.3, -0.25) is 0 Å². The Morgan fingerprint density at radius 1 is 1.20 bits per heavy atom. The van der Waals surface area contributed by atoms with Crippen molar-refractivity contribution >= 4 is 0 Å². The zero-order valence-electron chi connectivity index (χ0n) is 10.8. The molecule has 0 bridgehead atoms. The number of rotatable bonds is 9. The standard InChI is InChI=1S/C12H28N2O/c1-11(2)10-14(7-8-15-4)6-5-12(3)9-13/h11-12H,5-10,13H2,1-4H3. The Morgan fingerprint density at radius 2 is 1.87 bits per heavy atom. The normalized spacial score (nSPS) is 13.8. The quantitative estimate of drug-likeness (QED) is 0.636. The summed E-state index contributed by atoms with van der Waals surface area (Å²) in [5.41, 5.74) is 5.62. The fraction of sp³-hybridized carbons (Fsp3) is 1.00. The van der Waals surface area contributed by atoms with Gasteiger partial charge in [-0.15, -0.1) is 0 Å². The van der Waals surface area contributed by atoms with Crippen LogP contribution in [0, 0.1) is 11.8 Å². The van der Waals surface area contributed by atoms with Gasteiger partial charge in [-0.05, 0) is 31.3 Å². The van der Waals surface area contributed by atoms with Gasteiger partial charge in [-0.25, -0.2) is 0 Å². The van der Waals surface area contributed by atoms with Gasteiger partial charge in [0.05, 0.1) is 6.61 Å². The van der Waals surface area contributed by atoms with Crippen molar-refractivity contribution in [3.05, 3.63) is 0 Å². The lowest BCUT2D eigenvalue weighted by Crippen LogP contribution is -2.33. The van der Waals surface area contributed by atoms with Gasteiger partial charge in [0, 0.05) is 20.2 Å². The van der Waals surface area contributed by atoms with Crippen molar-refractivity contribution in [3.8, 4) is 0 Å². The Kier molecular flexibility index (Phi) is 9.06. The van der Waals surface area contributed by atoms with Crippen molar-refractivity contribution in [1.29, 1.82) is 0 Å². The zero-order chi connectivity index (χ0) is 11.7. The summed E-state index contributed by atoms with van der Waals surface area (Å²) < 4.78 is 5.12. The van der Waals surface area contributed by atoms with E-state index in [9.17, 15) is 0 Å². The van der Waals surface area contributed by atoms with E-state index in [0.717, 1.165) is 38.7 Å². The summed E-state index contributed by atoms with van der Waals surface area (Å²) in [5, 5.41) is 0. The maximum absolute atomic E-state index is 5.62. The van der Waals surface area contributed by atoms with Gasteiger partial charge in [-0.1, -0.05) is 20.8 Å². The van der Waals surface area contributed by atoms with Crippen molar-refractivity contribution in [1.82, 2.24) is 4.90 Å². The minimum Gasteiger partial charge on any atom is -0.383 e. The molecule has 0 fully saturated rings. The molecule has 2 N–H and O–H groups in total. The number of nitrogens with two attached hydrogens (primary N) is 1. The SMILES string of the molecule is COCCN(CCC(C)CN)CC(C)C. The molecule has 92 valence electrons. The minimum absolute atomic E-state index is 0.627. The molecule has 0 radical (unpaired) electrons.